The van der Waals surface area contributed by atoms with Crippen LogP contribution in [0.25, 0.3) is 22.6 Å². The molecule has 2 aromatic carbocycles. The maximum absolute atomic E-state index is 4.71. The van der Waals surface area contributed by atoms with Crippen molar-refractivity contribution in [1.29, 1.82) is 0 Å². The van der Waals surface area contributed by atoms with Gasteiger partial charge in [0.1, 0.15) is 0 Å². The zero-order valence-corrected chi connectivity index (χ0v) is 15.8. The molecule has 10 nitrogen and oxygen atoms in total. The van der Waals surface area contributed by atoms with Gasteiger partial charge in [0.15, 0.2) is 17.0 Å². The maximum Gasteiger partial charge on any atom is 0.229 e. The molecule has 0 radical (unpaired) electrons. The molecular weight excluding hydrogens is 380 g/mol. The fourth-order valence-corrected chi connectivity index (χ4v) is 3.96. The number of H-pyrrole nitrogens is 1. The zero-order valence-electron chi connectivity index (χ0n) is 15.8. The van der Waals surface area contributed by atoms with E-state index in [0.29, 0.717) is 22.9 Å². The minimum atomic E-state index is 0.135. The SMILES string of the molecule is c1cc(Nc2ncc3nnn(C4CCc5ccccc54)c3n2)cc(-c2nnn[nH]2)c1. The average Bonchev–Trinajstić information content (AvgIpc) is 3.53. The van der Waals surface area contributed by atoms with Crippen molar-refractivity contribution in [3.05, 3.63) is 65.9 Å². The normalized spacial score (nSPS) is 15.4. The fraction of sp³-hybridized carbons (Fsp3) is 0.150. The number of aromatic amines is 1. The van der Waals surface area contributed by atoms with Gasteiger partial charge in [0.05, 0.1) is 12.2 Å². The first-order chi connectivity index (χ1) is 14.8. The van der Waals surface area contributed by atoms with E-state index in [1.807, 2.05) is 28.9 Å². The van der Waals surface area contributed by atoms with Crippen molar-refractivity contribution in [2.24, 2.45) is 0 Å². The largest absolute Gasteiger partial charge is 0.324 e. The first-order valence-corrected chi connectivity index (χ1v) is 9.62. The molecule has 2 N–H and O–H groups in total. The molecule has 1 atom stereocenters. The van der Waals surface area contributed by atoms with Gasteiger partial charge in [0.25, 0.3) is 0 Å². The number of anilines is 2. The quantitative estimate of drug-likeness (QED) is 0.475. The van der Waals surface area contributed by atoms with Crippen LogP contribution in [0, 0.1) is 0 Å². The van der Waals surface area contributed by atoms with Crippen LogP contribution < -0.4 is 5.32 Å². The number of nitrogens with one attached hydrogen (secondary N) is 2. The number of nitrogens with zero attached hydrogens (tertiary/aromatic N) is 8. The molecule has 146 valence electrons. The predicted octanol–water partition coefficient (Wildman–Crippen LogP) is 2.68. The Kier molecular flexibility index (Phi) is 3.73. The van der Waals surface area contributed by atoms with E-state index in [2.05, 4.69) is 65.5 Å². The van der Waals surface area contributed by atoms with Crippen LogP contribution in [-0.2, 0) is 6.42 Å². The van der Waals surface area contributed by atoms with Gasteiger partial charge in [-0.2, -0.15) is 4.98 Å². The summed E-state index contributed by atoms with van der Waals surface area (Å²) in [7, 11) is 0. The summed E-state index contributed by atoms with van der Waals surface area (Å²) in [5, 5.41) is 25.9. The molecule has 10 heteroatoms. The summed E-state index contributed by atoms with van der Waals surface area (Å²) >= 11 is 0. The Labute approximate surface area is 170 Å². The highest BCUT2D eigenvalue weighted by Gasteiger charge is 2.26. The Bertz CT molecular complexity index is 1340. The van der Waals surface area contributed by atoms with Crippen molar-refractivity contribution in [3.8, 4) is 11.4 Å². The van der Waals surface area contributed by atoms with Gasteiger partial charge in [-0.1, -0.05) is 41.6 Å². The van der Waals surface area contributed by atoms with Crippen LogP contribution in [0.5, 0.6) is 0 Å². The summed E-state index contributed by atoms with van der Waals surface area (Å²) in [6.07, 6.45) is 3.71. The molecule has 1 unspecified atom stereocenters. The number of rotatable bonds is 4. The second-order valence-corrected chi connectivity index (χ2v) is 7.15. The molecule has 1 aliphatic rings. The lowest BCUT2D eigenvalue weighted by Gasteiger charge is -2.12. The van der Waals surface area contributed by atoms with Crippen LogP contribution >= 0.6 is 0 Å². The topological polar surface area (TPSA) is 123 Å². The number of hydrogen-bond donors (Lipinski definition) is 2. The number of fused-ring (bicyclic) bond motifs is 2. The zero-order chi connectivity index (χ0) is 19.9. The monoisotopic (exact) mass is 396 g/mol. The number of aryl methyl sites for hydroxylation is 1. The Balaban J connectivity index is 1.35. The molecule has 0 saturated carbocycles. The summed E-state index contributed by atoms with van der Waals surface area (Å²) in [5.74, 6) is 1.07. The van der Waals surface area contributed by atoms with Gasteiger partial charge < -0.3 is 5.32 Å². The number of tetrazole rings is 1. The third-order valence-electron chi connectivity index (χ3n) is 5.35. The molecule has 0 aliphatic heterocycles. The molecule has 0 saturated heterocycles. The molecular formula is C20H16N10. The second kappa shape index (κ2) is 6.69. The van der Waals surface area contributed by atoms with Gasteiger partial charge in [-0.15, -0.1) is 10.2 Å². The number of aromatic nitrogens is 9. The van der Waals surface area contributed by atoms with E-state index in [0.717, 1.165) is 24.1 Å². The van der Waals surface area contributed by atoms with Gasteiger partial charge in [0, 0.05) is 11.3 Å². The van der Waals surface area contributed by atoms with Crippen molar-refractivity contribution in [1.82, 2.24) is 45.6 Å². The van der Waals surface area contributed by atoms with Crippen LogP contribution in [0.4, 0.5) is 11.6 Å². The highest BCUT2D eigenvalue weighted by atomic mass is 15.5. The minimum absolute atomic E-state index is 0.135. The van der Waals surface area contributed by atoms with Crippen molar-refractivity contribution in [2.45, 2.75) is 18.9 Å². The molecule has 1 aliphatic carbocycles. The molecule has 0 spiro atoms. The Morgan fingerprint density at radius 3 is 2.97 bits per heavy atom. The third kappa shape index (κ3) is 2.77. The molecule has 0 amide bonds. The van der Waals surface area contributed by atoms with Gasteiger partial charge in [-0.3, -0.25) is 0 Å². The van der Waals surface area contributed by atoms with Crippen LogP contribution in [-0.4, -0.2) is 45.6 Å². The summed E-state index contributed by atoms with van der Waals surface area (Å²) in [6, 6.07) is 16.3. The molecule has 5 aromatic rings. The van der Waals surface area contributed by atoms with Gasteiger partial charge in [0.2, 0.25) is 5.95 Å². The van der Waals surface area contributed by atoms with E-state index in [4.69, 9.17) is 4.98 Å². The highest BCUT2D eigenvalue weighted by molar-refractivity contribution is 5.72. The van der Waals surface area contributed by atoms with E-state index < -0.39 is 0 Å². The van der Waals surface area contributed by atoms with Gasteiger partial charge in [-0.05, 0) is 46.5 Å². The van der Waals surface area contributed by atoms with Crippen molar-refractivity contribution < 1.29 is 0 Å². The van der Waals surface area contributed by atoms with Crippen LogP contribution in [0.1, 0.15) is 23.6 Å². The fourth-order valence-electron chi connectivity index (χ4n) is 3.96. The lowest BCUT2D eigenvalue weighted by atomic mass is 10.1. The summed E-state index contributed by atoms with van der Waals surface area (Å²) < 4.78 is 1.91. The Morgan fingerprint density at radius 2 is 2.03 bits per heavy atom. The number of hydrogen-bond acceptors (Lipinski definition) is 8. The average molecular weight is 396 g/mol. The lowest BCUT2D eigenvalue weighted by molar-refractivity contribution is 0.515. The molecule has 0 fully saturated rings. The van der Waals surface area contributed by atoms with Crippen LogP contribution in [0.3, 0.4) is 0 Å². The minimum Gasteiger partial charge on any atom is -0.324 e. The molecule has 30 heavy (non-hydrogen) atoms. The van der Waals surface area contributed by atoms with E-state index in [1.54, 1.807) is 6.20 Å². The highest BCUT2D eigenvalue weighted by Crippen LogP contribution is 2.35. The molecule has 3 heterocycles. The van der Waals surface area contributed by atoms with E-state index in [9.17, 15) is 0 Å². The summed E-state index contributed by atoms with van der Waals surface area (Å²) in [5.41, 5.74) is 5.72. The van der Waals surface area contributed by atoms with E-state index in [1.165, 1.54) is 11.1 Å². The van der Waals surface area contributed by atoms with E-state index >= 15 is 0 Å². The standard InChI is InChI=1S/C20H16N10/c1-2-7-15-12(4-1)8-9-17(15)30-19-16(24-29-30)11-21-20(23-19)22-14-6-3-5-13(10-14)18-25-27-28-26-18/h1-7,10-11,17H,8-9H2,(H,21,22,23)(H,25,26,27,28). The van der Waals surface area contributed by atoms with Crippen molar-refractivity contribution >= 4 is 22.8 Å². The Morgan fingerprint density at radius 1 is 1.07 bits per heavy atom. The summed E-state index contributed by atoms with van der Waals surface area (Å²) in [6.45, 7) is 0. The van der Waals surface area contributed by atoms with Crippen molar-refractivity contribution in [2.75, 3.05) is 5.32 Å². The second-order valence-electron chi connectivity index (χ2n) is 7.15. The smallest absolute Gasteiger partial charge is 0.229 e. The first-order valence-electron chi connectivity index (χ1n) is 9.62. The Hall–Kier alpha value is -4.21. The third-order valence-corrected chi connectivity index (χ3v) is 5.35. The molecule has 0 bridgehead atoms. The van der Waals surface area contributed by atoms with Crippen molar-refractivity contribution in [3.63, 3.8) is 0 Å². The summed E-state index contributed by atoms with van der Waals surface area (Å²) in [4.78, 5) is 9.10. The molecule has 6 rings (SSSR count). The van der Waals surface area contributed by atoms with E-state index in [-0.39, 0.29) is 6.04 Å². The first kappa shape index (κ1) is 16.7. The van der Waals surface area contributed by atoms with Crippen LogP contribution in [0.2, 0.25) is 0 Å². The predicted molar refractivity (Wildman–Crippen MR) is 109 cm³/mol. The van der Waals surface area contributed by atoms with Crippen LogP contribution in [0.15, 0.2) is 54.7 Å². The van der Waals surface area contributed by atoms with Gasteiger partial charge in [-0.25, -0.2) is 14.8 Å². The van der Waals surface area contributed by atoms with Gasteiger partial charge >= 0.3 is 0 Å². The lowest BCUT2D eigenvalue weighted by Crippen LogP contribution is -2.10. The maximum atomic E-state index is 4.71. The molecule has 3 aromatic heterocycles. The number of benzene rings is 2.